The normalized spacial score (nSPS) is 27.2. The summed E-state index contributed by atoms with van der Waals surface area (Å²) in [6.07, 6.45) is -0.488. The molecule has 0 bridgehead atoms. The summed E-state index contributed by atoms with van der Waals surface area (Å²) in [4.78, 5) is 4.56. The van der Waals surface area contributed by atoms with Gasteiger partial charge in [0, 0.05) is 38.3 Å². The third-order valence-electron chi connectivity index (χ3n) is 4.55. The number of rotatable bonds is 3. The smallest absolute Gasteiger partial charge is 0.125 e. The molecule has 0 radical (unpaired) electrons. The van der Waals surface area contributed by atoms with Crippen molar-refractivity contribution in [3.8, 4) is 5.75 Å². The fourth-order valence-corrected chi connectivity index (χ4v) is 3.27. The Bertz CT molecular complexity index is 486. The first-order chi connectivity index (χ1) is 10.2. The maximum absolute atomic E-state index is 10.7. The summed E-state index contributed by atoms with van der Waals surface area (Å²) in [6.45, 7) is 7.20. The molecule has 1 saturated heterocycles. The molecular weight excluding hydrogens is 268 g/mol. The molecule has 0 aliphatic carbocycles. The predicted octanol–water partition coefficient (Wildman–Crippen LogP) is 0.399. The van der Waals surface area contributed by atoms with E-state index in [1.54, 1.807) is 0 Å². The Hall–Kier alpha value is -1.14. The van der Waals surface area contributed by atoms with Crippen LogP contribution in [0.5, 0.6) is 5.75 Å². The van der Waals surface area contributed by atoms with Gasteiger partial charge in [-0.3, -0.25) is 9.80 Å². The largest absolute Gasteiger partial charge is 0.491 e. The zero-order chi connectivity index (χ0) is 14.8. The van der Waals surface area contributed by atoms with Gasteiger partial charge in [-0.25, -0.2) is 0 Å². The zero-order valence-corrected chi connectivity index (χ0v) is 12.5. The molecule has 2 heterocycles. The Balaban J connectivity index is 1.68. The lowest BCUT2D eigenvalue weighted by molar-refractivity contribution is -0.0187. The van der Waals surface area contributed by atoms with Crippen LogP contribution in [0.4, 0.5) is 0 Å². The molecule has 2 aliphatic rings. The minimum atomic E-state index is -0.488. The Morgan fingerprint density at radius 1 is 1.24 bits per heavy atom. The second-order valence-electron chi connectivity index (χ2n) is 5.97. The van der Waals surface area contributed by atoms with Gasteiger partial charge in [0.2, 0.25) is 0 Å². The van der Waals surface area contributed by atoms with Crippen molar-refractivity contribution in [2.75, 3.05) is 45.9 Å². The maximum Gasteiger partial charge on any atom is 0.125 e. The number of aliphatic hydroxyl groups is 2. The van der Waals surface area contributed by atoms with Gasteiger partial charge >= 0.3 is 0 Å². The lowest BCUT2D eigenvalue weighted by Crippen LogP contribution is -2.54. The summed E-state index contributed by atoms with van der Waals surface area (Å²) in [7, 11) is 0. The predicted molar refractivity (Wildman–Crippen MR) is 80.5 cm³/mol. The van der Waals surface area contributed by atoms with Crippen LogP contribution >= 0.6 is 0 Å². The van der Waals surface area contributed by atoms with Crippen molar-refractivity contribution in [2.24, 2.45) is 0 Å². The highest BCUT2D eigenvalue weighted by Crippen LogP contribution is 2.35. The summed E-state index contributed by atoms with van der Waals surface area (Å²) < 4.78 is 5.83. The van der Waals surface area contributed by atoms with Crippen LogP contribution in [-0.2, 0) is 0 Å². The number of ether oxygens (including phenoxy) is 1. The van der Waals surface area contributed by atoms with Gasteiger partial charge in [-0.1, -0.05) is 11.6 Å². The molecule has 2 atom stereocenters. The molecule has 2 aliphatic heterocycles. The monoisotopic (exact) mass is 292 g/mol. The number of aryl methyl sites for hydroxylation is 1. The first-order valence-corrected chi connectivity index (χ1v) is 7.67. The number of β-amino-alcohol motifs (C(OH)–C–C–N with tert-alkyl or cyclic N) is 1. The first kappa shape index (κ1) is 14.8. The summed E-state index contributed by atoms with van der Waals surface area (Å²) in [6, 6.07) is 6.01. The van der Waals surface area contributed by atoms with Crippen LogP contribution in [0, 0.1) is 6.92 Å². The third kappa shape index (κ3) is 3.06. The highest BCUT2D eigenvalue weighted by molar-refractivity contribution is 5.40. The molecule has 0 spiro atoms. The van der Waals surface area contributed by atoms with E-state index in [2.05, 4.69) is 9.80 Å². The molecule has 1 aromatic rings. The number of fused-ring (bicyclic) bond motifs is 1. The molecule has 5 heteroatoms. The van der Waals surface area contributed by atoms with Crippen LogP contribution in [0.1, 0.15) is 17.2 Å². The molecule has 2 N–H and O–H groups in total. The van der Waals surface area contributed by atoms with Crippen LogP contribution in [-0.4, -0.2) is 72.0 Å². The average Bonchev–Trinajstić information content (AvgIpc) is 2.50. The van der Waals surface area contributed by atoms with E-state index < -0.39 is 6.10 Å². The van der Waals surface area contributed by atoms with Gasteiger partial charge in [-0.2, -0.15) is 0 Å². The third-order valence-corrected chi connectivity index (χ3v) is 4.55. The van der Waals surface area contributed by atoms with Crippen molar-refractivity contribution < 1.29 is 14.9 Å². The lowest BCUT2D eigenvalue weighted by atomic mass is 9.96. The van der Waals surface area contributed by atoms with Crippen molar-refractivity contribution in [3.05, 3.63) is 29.3 Å². The number of benzene rings is 1. The van der Waals surface area contributed by atoms with E-state index in [9.17, 15) is 5.11 Å². The van der Waals surface area contributed by atoms with Crippen molar-refractivity contribution >= 4 is 0 Å². The molecular formula is C16H24N2O3. The number of piperazine rings is 1. The van der Waals surface area contributed by atoms with Gasteiger partial charge < -0.3 is 14.9 Å². The Labute approximate surface area is 125 Å². The van der Waals surface area contributed by atoms with Gasteiger partial charge in [-0.05, 0) is 19.1 Å². The topological polar surface area (TPSA) is 56.2 Å². The van der Waals surface area contributed by atoms with Crippen LogP contribution in [0.25, 0.3) is 0 Å². The highest BCUT2D eigenvalue weighted by atomic mass is 16.5. The van der Waals surface area contributed by atoms with Gasteiger partial charge in [0.15, 0.2) is 0 Å². The van der Waals surface area contributed by atoms with E-state index in [1.807, 2.05) is 25.1 Å². The fourth-order valence-electron chi connectivity index (χ4n) is 3.27. The van der Waals surface area contributed by atoms with Crippen LogP contribution in [0.15, 0.2) is 18.2 Å². The lowest BCUT2D eigenvalue weighted by Gasteiger charge is -2.42. The van der Waals surface area contributed by atoms with E-state index in [0.29, 0.717) is 6.61 Å². The minimum absolute atomic E-state index is 0.0237. The molecule has 116 valence electrons. The molecule has 0 amide bonds. The molecule has 3 rings (SSSR count). The van der Waals surface area contributed by atoms with Gasteiger partial charge in [0.05, 0.1) is 12.6 Å². The number of aliphatic hydroxyl groups excluding tert-OH is 2. The standard InChI is InChI=1S/C16H24N2O3/c1-12-2-3-15-13(10-12)16(20)14(11-21-15)18-6-4-17(5-7-18)8-9-19/h2-3,10,14,16,19-20H,4-9,11H2,1H3. The molecule has 5 nitrogen and oxygen atoms in total. The van der Waals surface area contributed by atoms with Crippen molar-refractivity contribution in [1.82, 2.24) is 9.80 Å². The number of nitrogens with zero attached hydrogens (tertiary/aromatic N) is 2. The van der Waals surface area contributed by atoms with Crippen molar-refractivity contribution in [1.29, 1.82) is 0 Å². The summed E-state index contributed by atoms with van der Waals surface area (Å²) in [5.74, 6) is 0.809. The van der Waals surface area contributed by atoms with E-state index in [0.717, 1.165) is 49.6 Å². The number of hydrogen-bond donors (Lipinski definition) is 2. The molecule has 21 heavy (non-hydrogen) atoms. The van der Waals surface area contributed by atoms with E-state index in [4.69, 9.17) is 9.84 Å². The molecule has 0 saturated carbocycles. The van der Waals surface area contributed by atoms with Crippen molar-refractivity contribution in [3.63, 3.8) is 0 Å². The molecule has 1 aromatic carbocycles. The maximum atomic E-state index is 10.7. The van der Waals surface area contributed by atoms with Crippen molar-refractivity contribution in [2.45, 2.75) is 19.1 Å². The second kappa shape index (κ2) is 6.32. The minimum Gasteiger partial charge on any atom is -0.491 e. The highest BCUT2D eigenvalue weighted by Gasteiger charge is 2.35. The first-order valence-electron chi connectivity index (χ1n) is 7.67. The van der Waals surface area contributed by atoms with Crippen LogP contribution < -0.4 is 4.74 Å². The molecule has 1 fully saturated rings. The fraction of sp³-hybridized carbons (Fsp3) is 0.625. The quantitative estimate of drug-likeness (QED) is 0.844. The summed E-state index contributed by atoms with van der Waals surface area (Å²) in [5, 5.41) is 19.7. The van der Waals surface area contributed by atoms with Gasteiger partial charge in [0.1, 0.15) is 18.5 Å². The van der Waals surface area contributed by atoms with E-state index >= 15 is 0 Å². The summed E-state index contributed by atoms with van der Waals surface area (Å²) in [5.41, 5.74) is 2.05. The average molecular weight is 292 g/mol. The van der Waals surface area contributed by atoms with E-state index in [-0.39, 0.29) is 12.6 Å². The zero-order valence-electron chi connectivity index (χ0n) is 12.5. The summed E-state index contributed by atoms with van der Waals surface area (Å²) >= 11 is 0. The molecule has 0 aromatic heterocycles. The Morgan fingerprint density at radius 3 is 2.71 bits per heavy atom. The SMILES string of the molecule is Cc1ccc2c(c1)C(O)C(N1CCN(CCO)CC1)CO2. The molecule has 2 unspecified atom stereocenters. The van der Waals surface area contributed by atoms with Gasteiger partial charge in [-0.15, -0.1) is 0 Å². The van der Waals surface area contributed by atoms with Gasteiger partial charge in [0.25, 0.3) is 0 Å². The van der Waals surface area contributed by atoms with Crippen LogP contribution in [0.3, 0.4) is 0 Å². The van der Waals surface area contributed by atoms with E-state index in [1.165, 1.54) is 0 Å². The Kier molecular flexibility index (Phi) is 4.45. The van der Waals surface area contributed by atoms with Crippen LogP contribution in [0.2, 0.25) is 0 Å². The second-order valence-corrected chi connectivity index (χ2v) is 5.97. The number of hydrogen-bond acceptors (Lipinski definition) is 5. The Morgan fingerprint density at radius 2 is 2.00 bits per heavy atom.